The van der Waals surface area contributed by atoms with E-state index in [1.54, 1.807) is 19.1 Å². The zero-order valence-corrected chi connectivity index (χ0v) is 11.3. The largest absolute Gasteiger partial charge is 0.444 e. The van der Waals surface area contributed by atoms with Gasteiger partial charge in [-0.05, 0) is 32.9 Å². The Balaban J connectivity index is 2.43. The van der Waals surface area contributed by atoms with Gasteiger partial charge in [0.2, 0.25) is 10.0 Å². The molecule has 0 amide bonds. The summed E-state index contributed by atoms with van der Waals surface area (Å²) in [5.41, 5.74) is 0.976. The van der Waals surface area contributed by atoms with E-state index in [-0.39, 0.29) is 4.90 Å². The number of ether oxygens (including phenoxy) is 1. The Labute approximate surface area is 106 Å². The zero-order valence-electron chi connectivity index (χ0n) is 10.5. The third-order valence-electron chi connectivity index (χ3n) is 2.96. The molecule has 5 nitrogen and oxygen atoms in total. The molecule has 0 N–H and O–H groups in total. The first-order valence-electron chi connectivity index (χ1n) is 5.65. The number of carbonyl (C=O) groups excluding carboxylic acids is 1. The van der Waals surface area contributed by atoms with E-state index in [0.29, 0.717) is 0 Å². The van der Waals surface area contributed by atoms with Crippen molar-refractivity contribution in [1.82, 2.24) is 4.31 Å². The Bertz CT molecular complexity index is 564. The Morgan fingerprint density at radius 1 is 1.17 bits per heavy atom. The van der Waals surface area contributed by atoms with E-state index in [0.717, 1.165) is 9.87 Å². The Morgan fingerprint density at radius 2 is 1.72 bits per heavy atom. The van der Waals surface area contributed by atoms with Crippen molar-refractivity contribution >= 4 is 16.0 Å². The monoisotopic (exact) mass is 269 g/mol. The van der Waals surface area contributed by atoms with Crippen LogP contribution in [0.25, 0.3) is 0 Å². The van der Waals surface area contributed by atoms with Crippen LogP contribution in [0.2, 0.25) is 0 Å². The molecule has 1 heterocycles. The molecular weight excluding hydrogens is 254 g/mol. The lowest BCUT2D eigenvalue weighted by atomic mass is 10.2. The van der Waals surface area contributed by atoms with Crippen LogP contribution in [0.15, 0.2) is 29.2 Å². The molecule has 1 aromatic rings. The van der Waals surface area contributed by atoms with Gasteiger partial charge in [-0.2, -0.15) is 0 Å². The molecule has 1 aliphatic rings. The molecule has 1 aliphatic heterocycles. The minimum atomic E-state index is -3.70. The SMILES string of the molecule is Cc1ccc(S(=O)(=O)N2C(C)OC(=O)C2C)cc1. The molecule has 0 saturated carbocycles. The fourth-order valence-electron chi connectivity index (χ4n) is 1.97. The Morgan fingerprint density at radius 3 is 2.17 bits per heavy atom. The van der Waals surface area contributed by atoms with Crippen molar-refractivity contribution in [2.75, 3.05) is 0 Å². The molecule has 6 heteroatoms. The van der Waals surface area contributed by atoms with Crippen LogP contribution in [0.5, 0.6) is 0 Å². The van der Waals surface area contributed by atoms with Crippen LogP contribution >= 0.6 is 0 Å². The molecule has 1 fully saturated rings. The highest BCUT2D eigenvalue weighted by molar-refractivity contribution is 7.89. The second-order valence-corrected chi connectivity index (χ2v) is 6.20. The molecule has 0 bridgehead atoms. The molecule has 18 heavy (non-hydrogen) atoms. The molecule has 2 atom stereocenters. The van der Waals surface area contributed by atoms with Crippen molar-refractivity contribution < 1.29 is 17.9 Å². The molecule has 1 aromatic carbocycles. The predicted octanol–water partition coefficient (Wildman–Crippen LogP) is 1.28. The van der Waals surface area contributed by atoms with E-state index < -0.39 is 28.3 Å². The number of rotatable bonds is 2. The molecule has 2 unspecified atom stereocenters. The van der Waals surface area contributed by atoms with E-state index in [4.69, 9.17) is 4.74 Å². The van der Waals surface area contributed by atoms with E-state index in [1.165, 1.54) is 19.1 Å². The Hall–Kier alpha value is -1.40. The van der Waals surface area contributed by atoms with Crippen LogP contribution in [0, 0.1) is 6.92 Å². The van der Waals surface area contributed by atoms with Crippen molar-refractivity contribution in [2.45, 2.75) is 37.9 Å². The second kappa shape index (κ2) is 4.37. The van der Waals surface area contributed by atoms with E-state index in [1.807, 2.05) is 6.92 Å². The number of esters is 1. The number of hydrogen-bond donors (Lipinski definition) is 0. The maximum atomic E-state index is 12.4. The van der Waals surface area contributed by atoms with Crippen LogP contribution in [-0.4, -0.2) is 31.0 Å². The van der Waals surface area contributed by atoms with Crippen LogP contribution < -0.4 is 0 Å². The fourth-order valence-corrected chi connectivity index (χ4v) is 3.63. The summed E-state index contributed by atoms with van der Waals surface area (Å²) in [5, 5.41) is 0. The predicted molar refractivity (Wildman–Crippen MR) is 65.2 cm³/mol. The summed E-state index contributed by atoms with van der Waals surface area (Å²) < 4.78 is 30.8. The normalized spacial score (nSPS) is 25.2. The first-order chi connectivity index (χ1) is 8.34. The minimum absolute atomic E-state index is 0.171. The lowest BCUT2D eigenvalue weighted by Crippen LogP contribution is -2.39. The summed E-state index contributed by atoms with van der Waals surface area (Å²) in [6, 6.07) is 5.73. The van der Waals surface area contributed by atoms with Crippen molar-refractivity contribution in [1.29, 1.82) is 0 Å². The molecule has 98 valence electrons. The summed E-state index contributed by atoms with van der Waals surface area (Å²) >= 11 is 0. The highest BCUT2D eigenvalue weighted by atomic mass is 32.2. The number of cyclic esters (lactones) is 1. The summed E-state index contributed by atoms with van der Waals surface area (Å²) in [4.78, 5) is 11.6. The number of carbonyl (C=O) groups is 1. The van der Waals surface area contributed by atoms with Crippen LogP contribution in [0.3, 0.4) is 0 Å². The smallest absolute Gasteiger partial charge is 0.325 e. The maximum absolute atomic E-state index is 12.4. The fraction of sp³-hybridized carbons (Fsp3) is 0.417. The average Bonchev–Trinajstić information content (AvgIpc) is 2.54. The van der Waals surface area contributed by atoms with Gasteiger partial charge in [-0.3, -0.25) is 4.79 Å². The third-order valence-corrected chi connectivity index (χ3v) is 5.00. The molecule has 2 rings (SSSR count). The van der Waals surface area contributed by atoms with Crippen LogP contribution in [0.4, 0.5) is 0 Å². The molecular formula is C12H15NO4S. The van der Waals surface area contributed by atoms with E-state index in [2.05, 4.69) is 0 Å². The van der Waals surface area contributed by atoms with Gasteiger partial charge in [-0.15, -0.1) is 4.31 Å². The van der Waals surface area contributed by atoms with Gasteiger partial charge in [0.1, 0.15) is 6.04 Å². The van der Waals surface area contributed by atoms with Gasteiger partial charge in [0, 0.05) is 0 Å². The molecule has 0 aliphatic carbocycles. The van der Waals surface area contributed by atoms with E-state index >= 15 is 0 Å². The molecule has 0 spiro atoms. The first-order valence-corrected chi connectivity index (χ1v) is 7.09. The standard InChI is InChI=1S/C12H15NO4S/c1-8-4-6-11(7-5-8)18(15,16)13-9(2)12(14)17-10(13)3/h4-7,9-10H,1-3H3. The van der Waals surface area contributed by atoms with Crippen molar-refractivity contribution in [3.05, 3.63) is 29.8 Å². The van der Waals surface area contributed by atoms with Gasteiger partial charge in [0.15, 0.2) is 6.23 Å². The third kappa shape index (κ3) is 2.02. The molecule has 1 saturated heterocycles. The first kappa shape index (κ1) is 13.0. The summed E-state index contributed by atoms with van der Waals surface area (Å²) in [5.74, 6) is -0.516. The summed E-state index contributed by atoms with van der Waals surface area (Å²) in [6.45, 7) is 4.95. The van der Waals surface area contributed by atoms with Crippen molar-refractivity contribution in [3.8, 4) is 0 Å². The van der Waals surface area contributed by atoms with Gasteiger partial charge in [0.05, 0.1) is 4.90 Å². The zero-order chi connectivity index (χ0) is 13.5. The molecule has 0 radical (unpaired) electrons. The van der Waals surface area contributed by atoms with Gasteiger partial charge < -0.3 is 4.74 Å². The topological polar surface area (TPSA) is 63.7 Å². The quantitative estimate of drug-likeness (QED) is 0.759. The number of nitrogens with zero attached hydrogens (tertiary/aromatic N) is 1. The number of hydrogen-bond acceptors (Lipinski definition) is 4. The second-order valence-electron chi connectivity index (χ2n) is 4.36. The molecule has 0 aromatic heterocycles. The van der Waals surface area contributed by atoms with Gasteiger partial charge in [-0.1, -0.05) is 17.7 Å². The average molecular weight is 269 g/mol. The lowest BCUT2D eigenvalue weighted by molar-refractivity contribution is -0.141. The highest BCUT2D eigenvalue weighted by Crippen LogP contribution is 2.27. The van der Waals surface area contributed by atoms with Crippen LogP contribution in [0.1, 0.15) is 19.4 Å². The van der Waals surface area contributed by atoms with Crippen LogP contribution in [-0.2, 0) is 19.6 Å². The minimum Gasteiger partial charge on any atom is -0.444 e. The summed E-state index contributed by atoms with van der Waals surface area (Å²) in [6.07, 6.45) is -0.765. The van der Waals surface area contributed by atoms with Crippen molar-refractivity contribution in [3.63, 3.8) is 0 Å². The van der Waals surface area contributed by atoms with Gasteiger partial charge >= 0.3 is 5.97 Å². The van der Waals surface area contributed by atoms with Gasteiger partial charge in [-0.25, -0.2) is 8.42 Å². The Kier molecular flexibility index (Phi) is 3.16. The number of benzene rings is 1. The number of sulfonamides is 1. The summed E-state index contributed by atoms with van der Waals surface area (Å²) in [7, 11) is -3.70. The number of aryl methyl sites for hydroxylation is 1. The van der Waals surface area contributed by atoms with E-state index in [9.17, 15) is 13.2 Å². The highest BCUT2D eigenvalue weighted by Gasteiger charge is 2.44. The van der Waals surface area contributed by atoms with Crippen molar-refractivity contribution in [2.24, 2.45) is 0 Å². The maximum Gasteiger partial charge on any atom is 0.325 e. The lowest BCUT2D eigenvalue weighted by Gasteiger charge is -2.21. The van der Waals surface area contributed by atoms with Gasteiger partial charge in [0.25, 0.3) is 0 Å².